The van der Waals surface area contributed by atoms with Crippen molar-refractivity contribution < 1.29 is 9.59 Å². The van der Waals surface area contributed by atoms with E-state index >= 15 is 0 Å². The van der Waals surface area contributed by atoms with E-state index in [1.807, 2.05) is 0 Å². The Bertz CT molecular complexity index is 372. The van der Waals surface area contributed by atoms with Gasteiger partial charge in [-0.25, -0.2) is 4.79 Å². The Balaban J connectivity index is 1.57. The summed E-state index contributed by atoms with van der Waals surface area (Å²) in [5.41, 5.74) is 0. The van der Waals surface area contributed by atoms with E-state index in [1.54, 1.807) is 4.90 Å². The second-order valence-electron chi connectivity index (χ2n) is 6.90. The maximum absolute atomic E-state index is 12.4. The molecule has 1 aliphatic carbocycles. The number of carbonyl (C=O) groups is 2. The molecule has 0 unspecified atom stereocenters. The third kappa shape index (κ3) is 2.57. The summed E-state index contributed by atoms with van der Waals surface area (Å²) in [6, 6.07) is -0.162. The minimum Gasteiger partial charge on any atom is -0.312 e. The average molecular weight is 278 g/mol. The van der Waals surface area contributed by atoms with Crippen LogP contribution in [0.2, 0.25) is 0 Å². The average Bonchev–Trinajstić information content (AvgIpc) is 2.70. The molecule has 2 saturated heterocycles. The molecule has 0 aromatic rings. The van der Waals surface area contributed by atoms with Gasteiger partial charge in [-0.3, -0.25) is 9.69 Å². The molecule has 112 valence electrons. The topological polar surface area (TPSA) is 40.6 Å². The van der Waals surface area contributed by atoms with Crippen LogP contribution in [0.25, 0.3) is 0 Å². The molecule has 0 bridgehead atoms. The smallest absolute Gasteiger partial charge is 0.312 e. The lowest BCUT2D eigenvalue weighted by atomic mass is 9.81. The summed E-state index contributed by atoms with van der Waals surface area (Å²) in [5, 5.41) is 0. The van der Waals surface area contributed by atoms with E-state index in [0.717, 1.165) is 38.1 Å². The fourth-order valence-corrected chi connectivity index (χ4v) is 4.19. The second-order valence-corrected chi connectivity index (χ2v) is 6.90. The number of hydrogen-bond acceptors (Lipinski definition) is 2. The van der Waals surface area contributed by atoms with Gasteiger partial charge in [0.15, 0.2) is 0 Å². The Morgan fingerprint density at radius 2 is 1.95 bits per heavy atom. The van der Waals surface area contributed by atoms with Crippen LogP contribution in [0.15, 0.2) is 0 Å². The van der Waals surface area contributed by atoms with Gasteiger partial charge in [-0.2, -0.15) is 0 Å². The summed E-state index contributed by atoms with van der Waals surface area (Å²) in [4.78, 5) is 28.0. The highest BCUT2D eigenvalue weighted by Gasteiger charge is 2.45. The summed E-state index contributed by atoms with van der Waals surface area (Å²) >= 11 is 0. The molecule has 2 aliphatic heterocycles. The van der Waals surface area contributed by atoms with E-state index in [-0.39, 0.29) is 18.0 Å². The summed E-state index contributed by atoms with van der Waals surface area (Å²) in [7, 11) is 0. The number of piperidine rings is 1. The zero-order valence-corrected chi connectivity index (χ0v) is 12.5. The van der Waals surface area contributed by atoms with E-state index in [4.69, 9.17) is 0 Å². The van der Waals surface area contributed by atoms with Crippen LogP contribution in [0, 0.1) is 11.8 Å². The Morgan fingerprint density at radius 3 is 2.70 bits per heavy atom. The molecule has 4 nitrogen and oxygen atoms in total. The molecule has 0 spiro atoms. The van der Waals surface area contributed by atoms with Gasteiger partial charge >= 0.3 is 6.03 Å². The van der Waals surface area contributed by atoms with Crippen molar-refractivity contribution in [1.82, 2.24) is 9.80 Å². The van der Waals surface area contributed by atoms with Gasteiger partial charge in [-0.1, -0.05) is 26.2 Å². The first-order valence-corrected chi connectivity index (χ1v) is 8.29. The molecular weight excluding hydrogens is 252 g/mol. The number of hydrogen-bond donors (Lipinski definition) is 0. The molecule has 3 amide bonds. The predicted octanol–water partition coefficient (Wildman–Crippen LogP) is 3.02. The Morgan fingerprint density at radius 1 is 1.10 bits per heavy atom. The monoisotopic (exact) mass is 278 g/mol. The lowest BCUT2D eigenvalue weighted by molar-refractivity contribution is -0.129. The normalized spacial score (nSPS) is 34.5. The number of amides is 3. The fraction of sp³-hybridized carbons (Fsp3) is 0.875. The van der Waals surface area contributed by atoms with Crippen LogP contribution in [0.5, 0.6) is 0 Å². The summed E-state index contributed by atoms with van der Waals surface area (Å²) < 4.78 is 0. The van der Waals surface area contributed by atoms with Crippen LogP contribution >= 0.6 is 0 Å². The zero-order valence-electron chi connectivity index (χ0n) is 12.5. The van der Waals surface area contributed by atoms with Crippen molar-refractivity contribution in [2.24, 2.45) is 11.8 Å². The highest BCUT2D eigenvalue weighted by atomic mass is 16.2. The number of nitrogens with zero attached hydrogens (tertiary/aromatic N) is 2. The van der Waals surface area contributed by atoms with Gasteiger partial charge in [0.25, 0.3) is 5.91 Å². The van der Waals surface area contributed by atoms with Crippen molar-refractivity contribution in [1.29, 1.82) is 0 Å². The second kappa shape index (κ2) is 5.74. The van der Waals surface area contributed by atoms with Gasteiger partial charge in [0.05, 0.1) is 0 Å². The van der Waals surface area contributed by atoms with Crippen molar-refractivity contribution in [3.8, 4) is 0 Å². The summed E-state index contributed by atoms with van der Waals surface area (Å²) in [5.74, 6) is 1.58. The summed E-state index contributed by atoms with van der Waals surface area (Å²) in [6.45, 7) is 3.73. The van der Waals surface area contributed by atoms with E-state index in [9.17, 15) is 9.59 Å². The van der Waals surface area contributed by atoms with Crippen LogP contribution in [0.1, 0.15) is 58.3 Å². The van der Waals surface area contributed by atoms with E-state index in [2.05, 4.69) is 6.92 Å². The van der Waals surface area contributed by atoms with Crippen LogP contribution in [0.4, 0.5) is 4.79 Å². The maximum atomic E-state index is 12.4. The molecule has 4 heteroatoms. The molecule has 3 atom stereocenters. The van der Waals surface area contributed by atoms with Crippen molar-refractivity contribution in [2.45, 2.75) is 64.3 Å². The molecule has 3 aliphatic rings. The first-order chi connectivity index (χ1) is 9.66. The van der Waals surface area contributed by atoms with Gasteiger partial charge in [-0.05, 0) is 43.9 Å². The molecule has 0 aromatic heterocycles. The Labute approximate surface area is 121 Å². The maximum Gasteiger partial charge on any atom is 0.327 e. The third-order valence-electron chi connectivity index (χ3n) is 5.34. The minimum atomic E-state index is -0.137. The molecule has 20 heavy (non-hydrogen) atoms. The lowest BCUT2D eigenvalue weighted by Crippen LogP contribution is -2.39. The number of imide groups is 1. The Hall–Kier alpha value is -1.06. The molecule has 0 N–H and O–H groups in total. The fourth-order valence-electron chi connectivity index (χ4n) is 4.19. The molecule has 2 heterocycles. The first-order valence-electron chi connectivity index (χ1n) is 8.29. The molecule has 3 fully saturated rings. The van der Waals surface area contributed by atoms with Crippen molar-refractivity contribution in [3.05, 3.63) is 0 Å². The van der Waals surface area contributed by atoms with Gasteiger partial charge in [0.1, 0.15) is 6.04 Å². The van der Waals surface area contributed by atoms with Crippen LogP contribution in [-0.2, 0) is 4.79 Å². The highest BCUT2D eigenvalue weighted by molar-refractivity contribution is 6.04. The number of urea groups is 1. The van der Waals surface area contributed by atoms with E-state index in [1.165, 1.54) is 30.6 Å². The van der Waals surface area contributed by atoms with Crippen LogP contribution < -0.4 is 0 Å². The van der Waals surface area contributed by atoms with E-state index in [0.29, 0.717) is 12.5 Å². The zero-order chi connectivity index (χ0) is 14.1. The predicted molar refractivity (Wildman–Crippen MR) is 77.2 cm³/mol. The summed E-state index contributed by atoms with van der Waals surface area (Å²) in [6.07, 6.45) is 9.18. The van der Waals surface area contributed by atoms with Crippen LogP contribution in [0.3, 0.4) is 0 Å². The van der Waals surface area contributed by atoms with Crippen molar-refractivity contribution >= 4 is 11.9 Å². The van der Waals surface area contributed by atoms with Crippen LogP contribution in [-0.4, -0.2) is 40.9 Å². The minimum absolute atomic E-state index is 0.0245. The van der Waals surface area contributed by atoms with Gasteiger partial charge in [0.2, 0.25) is 0 Å². The van der Waals surface area contributed by atoms with Gasteiger partial charge in [0, 0.05) is 13.1 Å². The third-order valence-corrected chi connectivity index (χ3v) is 5.34. The Kier molecular flexibility index (Phi) is 3.99. The number of rotatable bonds is 3. The number of fused-ring (bicyclic) bond motifs is 1. The molecule has 0 aromatic carbocycles. The molecule has 3 rings (SSSR count). The first kappa shape index (κ1) is 13.9. The van der Waals surface area contributed by atoms with Gasteiger partial charge in [-0.15, -0.1) is 0 Å². The largest absolute Gasteiger partial charge is 0.327 e. The molecule has 0 radical (unpaired) electrons. The SMILES string of the molecule is C[C@@H]1CCC[C@@H](CCN2C(=O)[C@H]3CCCCN3C2=O)C1. The highest BCUT2D eigenvalue weighted by Crippen LogP contribution is 2.32. The van der Waals surface area contributed by atoms with Gasteiger partial charge < -0.3 is 4.90 Å². The van der Waals surface area contributed by atoms with E-state index < -0.39 is 0 Å². The van der Waals surface area contributed by atoms with Crippen molar-refractivity contribution in [3.63, 3.8) is 0 Å². The molecular formula is C16H26N2O2. The quantitative estimate of drug-likeness (QED) is 0.745. The van der Waals surface area contributed by atoms with Crippen molar-refractivity contribution in [2.75, 3.05) is 13.1 Å². The lowest BCUT2D eigenvalue weighted by Gasteiger charge is -2.28. The molecule has 1 saturated carbocycles. The standard InChI is InChI=1S/C16H26N2O2/c1-12-5-4-6-13(11-12)8-10-18-15(19)14-7-2-3-9-17(14)16(18)20/h12-14H,2-11H2,1H3/t12-,13+,14-/m1/s1. The number of carbonyl (C=O) groups excluding carboxylic acids is 2.